The van der Waals surface area contributed by atoms with Crippen molar-refractivity contribution < 1.29 is 13.9 Å². The zero-order chi connectivity index (χ0) is 36.4. The van der Waals surface area contributed by atoms with Gasteiger partial charge in [0, 0.05) is 71.2 Å². The fraction of sp³-hybridized carbons (Fsp3) is 0.419. The molecule has 10 heteroatoms. The molecule has 1 amide bonds. The van der Waals surface area contributed by atoms with Gasteiger partial charge >= 0.3 is 0 Å². The van der Waals surface area contributed by atoms with E-state index in [0.29, 0.717) is 59.0 Å². The molecular weight excluding hydrogens is 708 g/mol. The van der Waals surface area contributed by atoms with Gasteiger partial charge in [0.1, 0.15) is 5.52 Å². The van der Waals surface area contributed by atoms with E-state index < -0.39 is 5.82 Å². The highest BCUT2D eigenvalue weighted by Crippen LogP contribution is 2.51. The molecule has 5 aliphatic rings. The summed E-state index contributed by atoms with van der Waals surface area (Å²) in [7, 11) is 0. The van der Waals surface area contributed by atoms with Crippen LogP contribution in [-0.2, 0) is 22.6 Å². The fourth-order valence-corrected chi connectivity index (χ4v) is 10.1. The standard InChI is InChI=1S/C43H42Cl2FN5O2/c1-24-31-20-36(35-19-29(53-23-25-9-3-2-4-10-25)22-50(35)43(52)26-11-5-6-12-26)51(41-28-18-34(41)48-21-28)42(31)32-17-27(13-8-16-47)37(39(46)40(32)49-24)30-14-7-15-33(44)38(30)45/h2-4,7,9-10,14-15,17,20,26,28-29,34-35,41,48H,5-6,8,11-13,18-19,21-23H2,1H3/t28-,29+,34-,35-,41+/m1/s1. The highest BCUT2D eigenvalue weighted by molar-refractivity contribution is 6.43. The van der Waals surface area contributed by atoms with Gasteiger partial charge in [0.25, 0.3) is 0 Å². The first kappa shape index (κ1) is 34.7. The second-order valence-corrected chi connectivity index (χ2v) is 16.2. The van der Waals surface area contributed by atoms with Crippen molar-refractivity contribution in [3.05, 3.63) is 99.0 Å². The summed E-state index contributed by atoms with van der Waals surface area (Å²) in [6, 6.07) is 22.1. The number of carbonyl (C=O) groups is 1. The van der Waals surface area contributed by atoms with E-state index in [9.17, 15) is 10.1 Å². The number of aryl methyl sites for hydroxylation is 2. The van der Waals surface area contributed by atoms with Gasteiger partial charge in [-0.2, -0.15) is 5.26 Å². The van der Waals surface area contributed by atoms with Crippen molar-refractivity contribution in [2.45, 2.75) is 89.1 Å². The number of likely N-dealkylation sites (tertiary alicyclic amines) is 1. The van der Waals surface area contributed by atoms with Crippen LogP contribution in [0.2, 0.25) is 10.0 Å². The number of nitriles is 1. The molecule has 53 heavy (non-hydrogen) atoms. The first-order valence-electron chi connectivity index (χ1n) is 19.0. The van der Waals surface area contributed by atoms with Gasteiger partial charge in [0.2, 0.25) is 5.91 Å². The van der Waals surface area contributed by atoms with Gasteiger partial charge in [-0.1, -0.05) is 78.5 Å². The molecule has 7 nitrogen and oxygen atoms in total. The van der Waals surface area contributed by atoms with E-state index in [1.165, 1.54) is 0 Å². The summed E-state index contributed by atoms with van der Waals surface area (Å²) >= 11 is 13.1. The van der Waals surface area contributed by atoms with E-state index in [2.05, 4.69) is 39.1 Å². The Morgan fingerprint density at radius 3 is 2.62 bits per heavy atom. The summed E-state index contributed by atoms with van der Waals surface area (Å²) in [6.07, 6.45) is 6.22. The van der Waals surface area contributed by atoms with Crippen LogP contribution in [0.3, 0.4) is 0 Å². The normalized spacial score (nSPS) is 24.0. The Labute approximate surface area is 319 Å². The maximum Gasteiger partial charge on any atom is 0.226 e. The van der Waals surface area contributed by atoms with Crippen molar-refractivity contribution >= 4 is 50.9 Å². The van der Waals surface area contributed by atoms with Gasteiger partial charge < -0.3 is 19.5 Å². The van der Waals surface area contributed by atoms with Crippen molar-refractivity contribution in [1.29, 1.82) is 5.26 Å². The van der Waals surface area contributed by atoms with Crippen LogP contribution in [-0.4, -0.2) is 45.6 Å². The van der Waals surface area contributed by atoms with Crippen molar-refractivity contribution in [2.24, 2.45) is 11.8 Å². The zero-order valence-electron chi connectivity index (χ0n) is 29.8. The second kappa shape index (κ2) is 14.0. The largest absolute Gasteiger partial charge is 0.372 e. The number of nitrogens with one attached hydrogen (secondary N) is 1. The Morgan fingerprint density at radius 2 is 1.89 bits per heavy atom. The summed E-state index contributed by atoms with van der Waals surface area (Å²) in [5.74, 6) is 0.206. The smallest absolute Gasteiger partial charge is 0.226 e. The van der Waals surface area contributed by atoms with Crippen LogP contribution in [0.1, 0.15) is 79.5 Å². The molecule has 3 aromatic carbocycles. The van der Waals surface area contributed by atoms with E-state index in [1.54, 1.807) is 18.2 Å². The highest BCUT2D eigenvalue weighted by Gasteiger charge is 2.51. The summed E-state index contributed by atoms with van der Waals surface area (Å²) in [4.78, 5) is 21.5. The number of hydrogen-bond acceptors (Lipinski definition) is 5. The minimum atomic E-state index is -0.470. The van der Waals surface area contributed by atoms with Gasteiger partial charge in [-0.05, 0) is 67.9 Å². The zero-order valence-corrected chi connectivity index (χ0v) is 31.3. The molecule has 5 aromatic rings. The predicted molar refractivity (Wildman–Crippen MR) is 206 cm³/mol. The van der Waals surface area contributed by atoms with Crippen LogP contribution in [0, 0.1) is 35.9 Å². The summed E-state index contributed by atoms with van der Waals surface area (Å²) in [6.45, 7) is 3.90. The van der Waals surface area contributed by atoms with Gasteiger partial charge in [-0.3, -0.25) is 4.79 Å². The molecule has 2 saturated carbocycles. The lowest BCUT2D eigenvalue weighted by Crippen LogP contribution is -2.41. The molecule has 10 rings (SSSR count). The highest BCUT2D eigenvalue weighted by atomic mass is 35.5. The number of rotatable bonds is 9. The molecule has 5 heterocycles. The van der Waals surface area contributed by atoms with Crippen LogP contribution in [0.4, 0.5) is 4.39 Å². The van der Waals surface area contributed by atoms with Crippen LogP contribution in [0.5, 0.6) is 0 Å². The average molecular weight is 751 g/mol. The van der Waals surface area contributed by atoms with E-state index in [4.69, 9.17) is 32.9 Å². The number of aromatic nitrogens is 2. The van der Waals surface area contributed by atoms with E-state index in [-0.39, 0.29) is 53.0 Å². The van der Waals surface area contributed by atoms with Crippen molar-refractivity contribution in [2.75, 3.05) is 13.1 Å². The Bertz CT molecular complexity index is 2270. The number of hydrogen-bond donors (Lipinski definition) is 1. The Balaban J connectivity index is 1.23. The third-order valence-electron chi connectivity index (χ3n) is 12.4. The van der Waals surface area contributed by atoms with Crippen LogP contribution >= 0.6 is 23.2 Å². The Morgan fingerprint density at radius 1 is 1.08 bits per heavy atom. The van der Waals surface area contributed by atoms with Crippen LogP contribution < -0.4 is 5.32 Å². The molecule has 5 atom stereocenters. The van der Waals surface area contributed by atoms with Gasteiger partial charge in [-0.15, -0.1) is 0 Å². The molecular formula is C43H42Cl2FN5O2. The summed E-state index contributed by atoms with van der Waals surface area (Å²) in [5.41, 5.74) is 5.60. The Hall–Kier alpha value is -4.00. The Kier molecular flexibility index (Phi) is 9.18. The van der Waals surface area contributed by atoms with Crippen LogP contribution in [0.25, 0.3) is 32.9 Å². The SMILES string of the molecule is Cc1nc2c(F)c(-c3cccc(Cl)c3Cl)c(CCC#N)cc2c2c1cc([C@H]1C[C@H](OCc3ccccc3)CN1C(=O)C1CCCC1)n2[C@H]1[C@H]2CN[C@@H]1C2. The number of amides is 1. The molecule has 3 aliphatic heterocycles. The molecule has 272 valence electrons. The van der Waals surface area contributed by atoms with E-state index >= 15 is 4.39 Å². The first-order valence-corrected chi connectivity index (χ1v) is 19.7. The van der Waals surface area contributed by atoms with Gasteiger partial charge in [0.05, 0.1) is 46.4 Å². The molecule has 0 unspecified atom stereocenters. The molecule has 2 aromatic heterocycles. The minimum Gasteiger partial charge on any atom is -0.372 e. The maximum absolute atomic E-state index is 17.2. The lowest BCUT2D eigenvalue weighted by atomic mass is 9.79. The van der Waals surface area contributed by atoms with Gasteiger partial charge in [-0.25, -0.2) is 9.37 Å². The van der Waals surface area contributed by atoms with Crippen molar-refractivity contribution in [1.82, 2.24) is 19.8 Å². The quantitative estimate of drug-likeness (QED) is 0.162. The number of carbonyl (C=O) groups excluding carboxylic acids is 1. The number of nitrogens with zero attached hydrogens (tertiary/aromatic N) is 4. The number of ether oxygens (including phenoxy) is 1. The second-order valence-electron chi connectivity index (χ2n) is 15.4. The number of fused-ring (bicyclic) bond motifs is 4. The summed E-state index contributed by atoms with van der Waals surface area (Å²) in [5, 5.41) is 15.6. The van der Waals surface area contributed by atoms with Gasteiger partial charge in [0.15, 0.2) is 5.82 Å². The van der Waals surface area contributed by atoms with Crippen molar-refractivity contribution in [3.63, 3.8) is 0 Å². The maximum atomic E-state index is 17.2. The third-order valence-corrected chi connectivity index (χ3v) is 13.2. The number of halogens is 3. The first-order chi connectivity index (χ1) is 25.8. The predicted octanol–water partition coefficient (Wildman–Crippen LogP) is 9.65. The van der Waals surface area contributed by atoms with Crippen LogP contribution in [0.15, 0.2) is 60.7 Å². The monoisotopic (exact) mass is 749 g/mol. The number of benzene rings is 3. The molecule has 0 spiro atoms. The number of pyridine rings is 1. The van der Waals surface area contributed by atoms with Crippen molar-refractivity contribution in [3.8, 4) is 17.2 Å². The molecule has 2 bridgehead atoms. The lowest BCUT2D eigenvalue weighted by Gasteiger charge is -2.39. The molecule has 3 saturated heterocycles. The topological polar surface area (TPSA) is 83.2 Å². The summed E-state index contributed by atoms with van der Waals surface area (Å²) < 4.78 is 26.3. The molecule has 0 radical (unpaired) electrons. The molecule has 1 N–H and O–H groups in total. The van der Waals surface area contributed by atoms with E-state index in [1.807, 2.05) is 31.2 Å². The third kappa shape index (κ3) is 5.92. The fourth-order valence-electron chi connectivity index (χ4n) is 9.74. The average Bonchev–Trinajstić information content (AvgIpc) is 4.01. The molecule has 2 aliphatic carbocycles. The lowest BCUT2D eigenvalue weighted by molar-refractivity contribution is -0.136. The minimum absolute atomic E-state index is 0.0301. The molecule has 5 fully saturated rings. The van der Waals surface area contributed by atoms with E-state index in [0.717, 1.165) is 66.5 Å².